The molecule has 0 fully saturated rings. The molecule has 0 radical (unpaired) electrons. The maximum Gasteiger partial charge on any atom is 0.358 e. The highest BCUT2D eigenvalue weighted by atomic mass is 16.4. The average molecular weight is 249 g/mol. The zero-order valence-corrected chi connectivity index (χ0v) is 10.2. The quantitative estimate of drug-likeness (QED) is 0.819. The fourth-order valence-electron chi connectivity index (χ4n) is 1.79. The molecule has 0 aliphatic rings. The fourth-order valence-corrected chi connectivity index (χ4v) is 1.79. The van der Waals surface area contributed by atoms with E-state index in [1.54, 1.807) is 17.2 Å². The molecule has 0 saturated heterocycles. The summed E-state index contributed by atoms with van der Waals surface area (Å²) in [5, 5.41) is 16.7. The second-order valence-corrected chi connectivity index (χ2v) is 3.96. The van der Waals surface area contributed by atoms with Crippen LogP contribution in [-0.4, -0.2) is 35.6 Å². The van der Waals surface area contributed by atoms with Gasteiger partial charge in [0.25, 0.3) is 0 Å². The number of aromatic nitrogens is 5. The molecule has 2 aromatic heterocycles. The molecule has 0 amide bonds. The number of carboxylic acid groups (broad SMARTS) is 1. The van der Waals surface area contributed by atoms with Crippen LogP contribution in [0.5, 0.6) is 0 Å². The van der Waals surface area contributed by atoms with Gasteiger partial charge >= 0.3 is 5.97 Å². The van der Waals surface area contributed by atoms with Crippen LogP contribution < -0.4 is 0 Å². The van der Waals surface area contributed by atoms with E-state index in [0.717, 1.165) is 6.42 Å². The molecule has 0 aromatic carbocycles. The molecular weight excluding hydrogens is 234 g/mol. The third-order valence-electron chi connectivity index (χ3n) is 2.66. The van der Waals surface area contributed by atoms with Gasteiger partial charge in [0.05, 0.1) is 18.6 Å². The number of nitrogens with zero attached hydrogens (tertiary/aromatic N) is 5. The van der Waals surface area contributed by atoms with Crippen LogP contribution in [0.15, 0.2) is 18.7 Å². The van der Waals surface area contributed by atoms with E-state index in [0.29, 0.717) is 25.2 Å². The van der Waals surface area contributed by atoms with Gasteiger partial charge in [-0.1, -0.05) is 18.6 Å². The van der Waals surface area contributed by atoms with Crippen LogP contribution in [0.3, 0.4) is 0 Å². The van der Waals surface area contributed by atoms with Crippen molar-refractivity contribution in [3.05, 3.63) is 30.1 Å². The molecule has 2 rings (SSSR count). The number of hydrogen-bond donors (Lipinski definition) is 1. The maximum absolute atomic E-state index is 11.0. The monoisotopic (exact) mass is 249 g/mol. The Hall–Kier alpha value is -2.18. The van der Waals surface area contributed by atoms with Gasteiger partial charge in [0.1, 0.15) is 0 Å². The molecule has 96 valence electrons. The summed E-state index contributed by atoms with van der Waals surface area (Å²) in [5.74, 6) is -1.02. The van der Waals surface area contributed by atoms with Crippen molar-refractivity contribution < 1.29 is 9.90 Å². The van der Waals surface area contributed by atoms with Gasteiger partial charge in [-0.15, -0.1) is 5.10 Å². The highest BCUT2D eigenvalue weighted by molar-refractivity contribution is 5.86. The molecule has 0 atom stereocenters. The number of aryl methyl sites for hydroxylation is 2. The van der Waals surface area contributed by atoms with Gasteiger partial charge in [-0.05, 0) is 6.42 Å². The first-order chi connectivity index (χ1) is 8.72. The smallest absolute Gasteiger partial charge is 0.358 e. The Morgan fingerprint density at radius 3 is 2.89 bits per heavy atom. The minimum atomic E-state index is -1.02. The number of carbonyl (C=O) groups is 1. The first-order valence-electron chi connectivity index (χ1n) is 5.83. The molecular formula is C11H15N5O2. The van der Waals surface area contributed by atoms with Crippen LogP contribution in [-0.2, 0) is 19.5 Å². The Morgan fingerprint density at radius 2 is 2.28 bits per heavy atom. The summed E-state index contributed by atoms with van der Waals surface area (Å²) in [5.41, 5.74) is 0.743. The van der Waals surface area contributed by atoms with Crippen molar-refractivity contribution >= 4 is 5.97 Å². The number of rotatable bonds is 6. The van der Waals surface area contributed by atoms with E-state index in [-0.39, 0.29) is 5.69 Å². The van der Waals surface area contributed by atoms with Crippen LogP contribution in [0.2, 0.25) is 0 Å². The van der Waals surface area contributed by atoms with Crippen molar-refractivity contribution in [3.63, 3.8) is 0 Å². The number of carboxylic acids is 1. The molecule has 18 heavy (non-hydrogen) atoms. The van der Waals surface area contributed by atoms with Crippen molar-refractivity contribution in [3.8, 4) is 0 Å². The standard InChI is InChI=1S/C11H15N5O2/c1-2-3-9-10(11(17)18)13-14-16(9)7-6-15-5-4-12-8-15/h4-5,8H,2-3,6-7H2,1H3,(H,17,18). The van der Waals surface area contributed by atoms with Gasteiger partial charge in [0, 0.05) is 18.9 Å². The average Bonchev–Trinajstić information content (AvgIpc) is 2.95. The molecule has 2 heterocycles. The van der Waals surface area contributed by atoms with Crippen LogP contribution in [0.25, 0.3) is 0 Å². The van der Waals surface area contributed by atoms with E-state index in [1.807, 2.05) is 17.7 Å². The second-order valence-electron chi connectivity index (χ2n) is 3.96. The molecule has 1 N–H and O–H groups in total. The summed E-state index contributed by atoms with van der Waals surface area (Å²) in [6.45, 7) is 3.28. The number of imidazole rings is 1. The van der Waals surface area contributed by atoms with Crippen molar-refractivity contribution in [2.75, 3.05) is 0 Å². The Morgan fingerprint density at radius 1 is 1.44 bits per heavy atom. The minimum Gasteiger partial charge on any atom is -0.476 e. The Balaban J connectivity index is 2.14. The molecule has 0 unspecified atom stereocenters. The third kappa shape index (κ3) is 2.55. The molecule has 2 aromatic rings. The molecule has 0 saturated carbocycles. The van der Waals surface area contributed by atoms with E-state index in [4.69, 9.17) is 5.11 Å². The van der Waals surface area contributed by atoms with Gasteiger partial charge < -0.3 is 9.67 Å². The van der Waals surface area contributed by atoms with Crippen molar-refractivity contribution in [1.82, 2.24) is 24.5 Å². The van der Waals surface area contributed by atoms with Gasteiger partial charge in [-0.2, -0.15) is 0 Å². The fraction of sp³-hybridized carbons (Fsp3) is 0.455. The zero-order chi connectivity index (χ0) is 13.0. The molecule has 0 aliphatic carbocycles. The molecule has 0 bridgehead atoms. The van der Waals surface area contributed by atoms with Crippen LogP contribution in [0.1, 0.15) is 29.5 Å². The van der Waals surface area contributed by atoms with Gasteiger partial charge in [-0.3, -0.25) is 0 Å². The van der Waals surface area contributed by atoms with Crippen molar-refractivity contribution in [1.29, 1.82) is 0 Å². The first-order valence-corrected chi connectivity index (χ1v) is 5.83. The number of hydrogen-bond acceptors (Lipinski definition) is 4. The Labute approximate surface area is 104 Å². The van der Waals surface area contributed by atoms with Crippen molar-refractivity contribution in [2.24, 2.45) is 0 Å². The third-order valence-corrected chi connectivity index (χ3v) is 2.66. The lowest BCUT2D eigenvalue weighted by atomic mass is 10.2. The lowest BCUT2D eigenvalue weighted by molar-refractivity contribution is 0.0689. The normalized spacial score (nSPS) is 10.7. The molecule has 0 spiro atoms. The highest BCUT2D eigenvalue weighted by Crippen LogP contribution is 2.09. The first kappa shape index (κ1) is 12.3. The summed E-state index contributed by atoms with van der Waals surface area (Å²) >= 11 is 0. The maximum atomic E-state index is 11.0. The summed E-state index contributed by atoms with van der Waals surface area (Å²) in [4.78, 5) is 15.0. The minimum absolute atomic E-state index is 0.0579. The lowest BCUT2D eigenvalue weighted by Crippen LogP contribution is -2.12. The Kier molecular flexibility index (Phi) is 3.71. The highest BCUT2D eigenvalue weighted by Gasteiger charge is 2.17. The van der Waals surface area contributed by atoms with Crippen LogP contribution in [0.4, 0.5) is 0 Å². The van der Waals surface area contributed by atoms with E-state index in [2.05, 4.69) is 15.3 Å². The van der Waals surface area contributed by atoms with E-state index in [1.165, 1.54) is 0 Å². The lowest BCUT2D eigenvalue weighted by Gasteiger charge is -2.06. The predicted molar refractivity (Wildman–Crippen MR) is 63.2 cm³/mol. The van der Waals surface area contributed by atoms with Crippen LogP contribution in [0, 0.1) is 0 Å². The van der Waals surface area contributed by atoms with Crippen molar-refractivity contribution in [2.45, 2.75) is 32.9 Å². The largest absolute Gasteiger partial charge is 0.476 e. The predicted octanol–water partition coefficient (Wildman–Crippen LogP) is 0.825. The molecule has 7 nitrogen and oxygen atoms in total. The van der Waals surface area contributed by atoms with E-state index < -0.39 is 5.97 Å². The van der Waals surface area contributed by atoms with Gasteiger partial charge in [0.15, 0.2) is 5.69 Å². The summed E-state index contributed by atoms with van der Waals surface area (Å²) in [6.07, 6.45) is 6.80. The van der Waals surface area contributed by atoms with Gasteiger partial charge in [0.2, 0.25) is 0 Å². The van der Waals surface area contributed by atoms with Gasteiger partial charge in [-0.25, -0.2) is 14.5 Å². The van der Waals surface area contributed by atoms with Crippen LogP contribution >= 0.6 is 0 Å². The summed E-state index contributed by atoms with van der Waals surface area (Å²) in [7, 11) is 0. The SMILES string of the molecule is CCCc1c(C(=O)O)nnn1CCn1ccnc1. The van der Waals surface area contributed by atoms with E-state index in [9.17, 15) is 4.79 Å². The van der Waals surface area contributed by atoms with E-state index >= 15 is 0 Å². The number of aromatic carboxylic acids is 1. The zero-order valence-electron chi connectivity index (χ0n) is 10.2. The topological polar surface area (TPSA) is 85.8 Å². The molecule has 0 aliphatic heterocycles. The molecule has 7 heteroatoms. The summed E-state index contributed by atoms with van der Waals surface area (Å²) in [6, 6.07) is 0. The Bertz CT molecular complexity index is 518. The summed E-state index contributed by atoms with van der Waals surface area (Å²) < 4.78 is 3.57. The second kappa shape index (κ2) is 5.44.